The SMILES string of the molecule is CC(=O)Nc1oc(-c2cccs2)c(O)c1O. The molecule has 0 atom stereocenters. The van der Waals surface area contributed by atoms with E-state index < -0.39 is 5.75 Å². The first-order valence-corrected chi connectivity index (χ1v) is 5.33. The maximum absolute atomic E-state index is 10.8. The van der Waals surface area contributed by atoms with Crippen molar-refractivity contribution in [2.75, 3.05) is 5.32 Å². The van der Waals surface area contributed by atoms with Gasteiger partial charge in [-0.05, 0) is 11.4 Å². The molecule has 0 aliphatic rings. The molecule has 0 radical (unpaired) electrons. The number of hydrogen-bond acceptors (Lipinski definition) is 5. The van der Waals surface area contributed by atoms with Crippen molar-refractivity contribution in [1.82, 2.24) is 0 Å². The summed E-state index contributed by atoms with van der Waals surface area (Å²) in [6, 6.07) is 3.53. The second kappa shape index (κ2) is 3.90. The summed E-state index contributed by atoms with van der Waals surface area (Å²) in [5.74, 6) is -1.21. The maximum Gasteiger partial charge on any atom is 0.246 e. The summed E-state index contributed by atoms with van der Waals surface area (Å²) < 4.78 is 5.18. The fourth-order valence-electron chi connectivity index (χ4n) is 1.23. The molecule has 2 aromatic heterocycles. The Morgan fingerprint density at radius 2 is 2.19 bits per heavy atom. The zero-order valence-corrected chi connectivity index (χ0v) is 9.17. The molecule has 2 heterocycles. The second-order valence-corrected chi connectivity index (χ2v) is 4.06. The molecule has 0 spiro atoms. The van der Waals surface area contributed by atoms with Crippen LogP contribution in [0.25, 0.3) is 10.6 Å². The fraction of sp³-hybridized carbons (Fsp3) is 0.100. The van der Waals surface area contributed by atoms with Crippen LogP contribution in [0.1, 0.15) is 6.92 Å². The van der Waals surface area contributed by atoms with Crippen molar-refractivity contribution in [3.63, 3.8) is 0 Å². The predicted octanol–water partition coefficient (Wildman–Crippen LogP) is 2.38. The molecule has 0 aliphatic heterocycles. The van der Waals surface area contributed by atoms with Crippen molar-refractivity contribution in [1.29, 1.82) is 0 Å². The minimum absolute atomic E-state index is 0.145. The molecule has 0 unspecified atom stereocenters. The van der Waals surface area contributed by atoms with E-state index in [1.54, 1.807) is 12.1 Å². The number of aromatic hydroxyl groups is 2. The first-order chi connectivity index (χ1) is 7.59. The normalized spacial score (nSPS) is 10.3. The molecule has 0 bridgehead atoms. The van der Waals surface area contributed by atoms with Crippen LogP contribution in [0.5, 0.6) is 11.5 Å². The highest BCUT2D eigenvalue weighted by Crippen LogP contribution is 2.46. The zero-order chi connectivity index (χ0) is 11.7. The van der Waals surface area contributed by atoms with Gasteiger partial charge in [-0.15, -0.1) is 11.3 Å². The lowest BCUT2D eigenvalue weighted by Gasteiger charge is -1.95. The third-order valence-electron chi connectivity index (χ3n) is 1.89. The standard InChI is InChI=1S/C10H9NO4S/c1-5(12)11-10-8(14)7(13)9(15-10)6-3-2-4-16-6/h2-4,13-14H,1H3,(H,11,12). The molecule has 0 fully saturated rings. The summed E-state index contributed by atoms with van der Waals surface area (Å²) in [6.07, 6.45) is 0. The van der Waals surface area contributed by atoms with Gasteiger partial charge in [0.2, 0.25) is 23.3 Å². The summed E-state index contributed by atoms with van der Waals surface area (Å²) in [4.78, 5) is 11.5. The number of hydrogen-bond donors (Lipinski definition) is 3. The van der Waals surface area contributed by atoms with E-state index in [2.05, 4.69) is 5.32 Å². The van der Waals surface area contributed by atoms with Gasteiger partial charge in [0.15, 0.2) is 5.76 Å². The largest absolute Gasteiger partial charge is 0.502 e. The Hall–Kier alpha value is -1.95. The number of amides is 1. The lowest BCUT2D eigenvalue weighted by molar-refractivity contribution is -0.114. The third-order valence-corrected chi connectivity index (χ3v) is 2.76. The van der Waals surface area contributed by atoms with Gasteiger partial charge in [0.25, 0.3) is 0 Å². The first-order valence-electron chi connectivity index (χ1n) is 4.45. The van der Waals surface area contributed by atoms with Crippen LogP contribution in [0.3, 0.4) is 0 Å². The quantitative estimate of drug-likeness (QED) is 0.751. The summed E-state index contributed by atoms with van der Waals surface area (Å²) in [6.45, 7) is 1.28. The smallest absolute Gasteiger partial charge is 0.246 e. The lowest BCUT2D eigenvalue weighted by atomic mass is 10.3. The molecule has 5 nitrogen and oxygen atoms in total. The first kappa shape index (κ1) is 10.6. The van der Waals surface area contributed by atoms with Crippen LogP contribution in [-0.2, 0) is 4.79 Å². The Balaban J connectivity index is 2.45. The molecule has 16 heavy (non-hydrogen) atoms. The third kappa shape index (κ3) is 1.74. The van der Waals surface area contributed by atoms with Crippen LogP contribution < -0.4 is 5.32 Å². The molecule has 0 aromatic carbocycles. The zero-order valence-electron chi connectivity index (χ0n) is 8.35. The Labute approximate surface area is 95.0 Å². The van der Waals surface area contributed by atoms with Gasteiger partial charge in [-0.1, -0.05) is 6.07 Å². The van der Waals surface area contributed by atoms with Crippen LogP contribution in [0, 0.1) is 0 Å². The van der Waals surface area contributed by atoms with E-state index >= 15 is 0 Å². The van der Waals surface area contributed by atoms with Gasteiger partial charge in [0, 0.05) is 6.92 Å². The highest BCUT2D eigenvalue weighted by Gasteiger charge is 2.21. The molecule has 6 heteroatoms. The Morgan fingerprint density at radius 1 is 1.44 bits per heavy atom. The molecular formula is C10H9NO4S. The number of furan rings is 1. The number of carbonyl (C=O) groups is 1. The average Bonchev–Trinajstić information content (AvgIpc) is 2.81. The number of nitrogens with one attached hydrogen (secondary N) is 1. The molecule has 0 aliphatic carbocycles. The van der Waals surface area contributed by atoms with Gasteiger partial charge in [0.1, 0.15) is 0 Å². The molecule has 0 saturated carbocycles. The molecule has 2 aromatic rings. The summed E-state index contributed by atoms with van der Waals surface area (Å²) >= 11 is 1.35. The maximum atomic E-state index is 10.8. The van der Waals surface area contributed by atoms with Gasteiger partial charge >= 0.3 is 0 Å². The van der Waals surface area contributed by atoms with E-state index in [1.165, 1.54) is 18.3 Å². The molecule has 1 amide bonds. The Kier molecular flexibility index (Phi) is 2.57. The molecule has 84 valence electrons. The van der Waals surface area contributed by atoms with E-state index in [0.717, 1.165) is 0 Å². The molecular weight excluding hydrogens is 230 g/mol. The van der Waals surface area contributed by atoms with Crippen LogP contribution in [0.15, 0.2) is 21.9 Å². The van der Waals surface area contributed by atoms with Crippen molar-refractivity contribution in [2.24, 2.45) is 0 Å². The number of thiophene rings is 1. The minimum atomic E-state index is -0.460. The summed E-state index contributed by atoms with van der Waals surface area (Å²) in [7, 11) is 0. The van der Waals surface area contributed by atoms with Crippen LogP contribution >= 0.6 is 11.3 Å². The van der Waals surface area contributed by atoms with E-state index in [4.69, 9.17) is 4.42 Å². The van der Waals surface area contributed by atoms with Crippen molar-refractivity contribution in [2.45, 2.75) is 6.92 Å². The monoisotopic (exact) mass is 239 g/mol. The molecule has 3 N–H and O–H groups in total. The number of rotatable bonds is 2. The highest BCUT2D eigenvalue weighted by atomic mass is 32.1. The number of carbonyl (C=O) groups excluding carboxylic acids is 1. The topological polar surface area (TPSA) is 82.7 Å². The Bertz CT molecular complexity index is 515. The van der Waals surface area contributed by atoms with Gasteiger partial charge in [-0.2, -0.15) is 0 Å². The van der Waals surface area contributed by atoms with Gasteiger partial charge < -0.3 is 14.6 Å². The molecule has 2 rings (SSSR count). The van der Waals surface area contributed by atoms with E-state index in [1.807, 2.05) is 5.38 Å². The summed E-state index contributed by atoms with van der Waals surface area (Å²) in [5, 5.41) is 23.2. The van der Waals surface area contributed by atoms with Crippen molar-refractivity contribution >= 4 is 23.1 Å². The van der Waals surface area contributed by atoms with Crippen molar-refractivity contribution in [3.8, 4) is 22.1 Å². The fourth-order valence-corrected chi connectivity index (χ4v) is 1.94. The van der Waals surface area contributed by atoms with Gasteiger partial charge in [-0.25, -0.2) is 0 Å². The van der Waals surface area contributed by atoms with E-state index in [0.29, 0.717) is 4.88 Å². The van der Waals surface area contributed by atoms with Crippen LogP contribution in [-0.4, -0.2) is 16.1 Å². The highest BCUT2D eigenvalue weighted by molar-refractivity contribution is 7.13. The number of anilines is 1. The van der Waals surface area contributed by atoms with Gasteiger partial charge in [-0.3, -0.25) is 10.1 Å². The van der Waals surface area contributed by atoms with Gasteiger partial charge in [0.05, 0.1) is 4.88 Å². The van der Waals surface area contributed by atoms with E-state index in [9.17, 15) is 15.0 Å². The Morgan fingerprint density at radius 3 is 2.75 bits per heavy atom. The van der Waals surface area contributed by atoms with Crippen LogP contribution in [0.2, 0.25) is 0 Å². The lowest BCUT2D eigenvalue weighted by Crippen LogP contribution is -2.04. The minimum Gasteiger partial charge on any atom is -0.502 e. The molecule has 0 saturated heterocycles. The second-order valence-electron chi connectivity index (χ2n) is 3.12. The van der Waals surface area contributed by atoms with Crippen molar-refractivity contribution in [3.05, 3.63) is 17.5 Å². The summed E-state index contributed by atoms with van der Waals surface area (Å²) in [5.41, 5.74) is 0. The van der Waals surface area contributed by atoms with E-state index in [-0.39, 0.29) is 23.3 Å². The predicted molar refractivity (Wildman–Crippen MR) is 59.7 cm³/mol. The van der Waals surface area contributed by atoms with Crippen LogP contribution in [0.4, 0.5) is 5.88 Å². The van der Waals surface area contributed by atoms with Crippen molar-refractivity contribution < 1.29 is 19.4 Å². The average molecular weight is 239 g/mol.